The molecule has 3 unspecified atom stereocenters. The van der Waals surface area contributed by atoms with Crippen molar-refractivity contribution in [2.75, 3.05) is 12.3 Å². The number of hydrogen-bond donors (Lipinski definition) is 10. The van der Waals surface area contributed by atoms with Gasteiger partial charge in [-0.1, -0.05) is 0 Å². The van der Waals surface area contributed by atoms with Crippen molar-refractivity contribution in [3.63, 3.8) is 0 Å². The van der Waals surface area contributed by atoms with Crippen LogP contribution in [0.1, 0.15) is 12.5 Å². The number of aliphatic hydroxyl groups excluding tert-OH is 4. The average molecular weight is 781 g/mol. The number of aliphatic hydroxyl groups is 4. The summed E-state index contributed by atoms with van der Waals surface area (Å²) in [6.07, 6.45) is -11.4. The summed E-state index contributed by atoms with van der Waals surface area (Å²) in [6.45, 7) is -1.17. The van der Waals surface area contributed by atoms with Gasteiger partial charge in [0.15, 0.2) is 46.9 Å². The summed E-state index contributed by atoms with van der Waals surface area (Å²) in [5.74, 6) is -2.94. The van der Waals surface area contributed by atoms with Gasteiger partial charge in [-0.05, 0) is 6.07 Å². The Morgan fingerprint density at radius 1 is 1.04 bits per heavy atom. The van der Waals surface area contributed by atoms with Gasteiger partial charge in [0.1, 0.15) is 42.4 Å². The molecule has 25 nitrogen and oxygen atoms in total. The molecule has 272 valence electrons. The molecule has 2 aliphatic heterocycles. The number of phosphoric acid groups is 2. The maximum absolute atomic E-state index is 12.9. The van der Waals surface area contributed by atoms with E-state index in [0.29, 0.717) is 0 Å². The van der Waals surface area contributed by atoms with Gasteiger partial charge in [-0.2, -0.15) is 13.0 Å². The molecular formula is C20H28N6O19P3S+. The Labute approximate surface area is 273 Å². The van der Waals surface area contributed by atoms with Gasteiger partial charge in [0.2, 0.25) is 0 Å². The van der Waals surface area contributed by atoms with Crippen LogP contribution in [-0.2, 0) is 46.6 Å². The zero-order valence-electron chi connectivity index (χ0n) is 24.0. The summed E-state index contributed by atoms with van der Waals surface area (Å²) in [4.78, 5) is 50.3. The summed E-state index contributed by atoms with van der Waals surface area (Å²) in [5.41, 5.74) is 5.74. The summed E-state index contributed by atoms with van der Waals surface area (Å²) < 4.78 is 95.8. The predicted octanol–water partition coefficient (Wildman–Crippen LogP) is -3.36. The minimum Gasteiger partial charge on any atom is -0.387 e. The lowest BCUT2D eigenvalue weighted by atomic mass is 10.1. The Kier molecular flexibility index (Phi) is 10.5. The second-order valence-electron chi connectivity index (χ2n) is 10.5. The molecule has 2 saturated heterocycles. The van der Waals surface area contributed by atoms with Crippen LogP contribution in [-0.4, -0.2) is 122 Å². The zero-order valence-corrected chi connectivity index (χ0v) is 27.5. The maximum Gasteiger partial charge on any atom is 0.479 e. The van der Waals surface area contributed by atoms with Gasteiger partial charge in [0, 0.05) is 6.07 Å². The molecule has 5 rings (SSSR count). The highest BCUT2D eigenvalue weighted by atomic mass is 32.2. The highest BCUT2D eigenvalue weighted by Gasteiger charge is 2.57. The lowest BCUT2D eigenvalue weighted by Gasteiger charge is -2.25. The monoisotopic (exact) mass is 781 g/mol. The molecule has 0 aliphatic carbocycles. The molecule has 2 fully saturated rings. The number of ether oxygens (including phenoxy) is 2. The summed E-state index contributed by atoms with van der Waals surface area (Å²) in [6, 6.07) is 2.07. The van der Waals surface area contributed by atoms with Crippen LogP contribution in [0.15, 0.2) is 42.1 Å². The van der Waals surface area contributed by atoms with Gasteiger partial charge in [0.25, 0.3) is 16.3 Å². The van der Waals surface area contributed by atoms with Crippen molar-refractivity contribution in [2.45, 2.75) is 59.8 Å². The van der Waals surface area contributed by atoms with Crippen molar-refractivity contribution in [3.8, 4) is 0 Å². The molecule has 0 aromatic carbocycles. The topological polar surface area (TPSA) is 387 Å². The van der Waals surface area contributed by atoms with Gasteiger partial charge in [-0.15, -0.1) is 0 Å². The van der Waals surface area contributed by atoms with E-state index < -0.39 is 99.8 Å². The van der Waals surface area contributed by atoms with Crippen molar-refractivity contribution in [1.82, 2.24) is 19.5 Å². The molecule has 3 aromatic rings. The zero-order chi connectivity index (χ0) is 36.3. The lowest BCUT2D eigenvalue weighted by Crippen LogP contribution is -2.46. The molecule has 5 heterocycles. The number of imidazole rings is 1. The Morgan fingerprint density at radius 2 is 1.73 bits per heavy atom. The lowest BCUT2D eigenvalue weighted by molar-refractivity contribution is -0.767. The van der Waals surface area contributed by atoms with E-state index in [0.717, 1.165) is 46.3 Å². The number of nitrogens with two attached hydrogens (primary N) is 1. The number of phosphoric ester groups is 2. The number of fused-ring (bicyclic) bond motifs is 1. The van der Waals surface area contributed by atoms with Crippen molar-refractivity contribution < 1.29 is 94.1 Å². The van der Waals surface area contributed by atoms with Gasteiger partial charge in [0.05, 0.1) is 12.9 Å². The molecule has 11 N–H and O–H groups in total. The third-order valence-electron chi connectivity index (χ3n) is 7.15. The molecular weight excluding hydrogens is 753 g/mol. The quantitative estimate of drug-likeness (QED) is 0.0487. The number of pyridine rings is 1. The summed E-state index contributed by atoms with van der Waals surface area (Å²) in [7, 11) is -21.5. The number of hydrogen-bond acceptors (Lipinski definition) is 18. The molecule has 2 aliphatic rings. The molecule has 11 atom stereocenters. The molecule has 0 amide bonds. The van der Waals surface area contributed by atoms with Gasteiger partial charge in [-0.25, -0.2) is 28.4 Å². The van der Waals surface area contributed by atoms with E-state index in [1.807, 2.05) is 0 Å². The van der Waals surface area contributed by atoms with E-state index in [1.54, 1.807) is 0 Å². The van der Waals surface area contributed by atoms with Crippen LogP contribution in [0.4, 0.5) is 5.82 Å². The highest BCUT2D eigenvalue weighted by Crippen LogP contribution is 2.63. The first-order chi connectivity index (χ1) is 22.6. The second-order valence-corrected chi connectivity index (χ2v) is 16.6. The second kappa shape index (κ2) is 13.6. The molecule has 3 aromatic heterocycles. The fraction of sp³-hybridized carbons (Fsp3) is 0.500. The molecule has 0 saturated carbocycles. The summed E-state index contributed by atoms with van der Waals surface area (Å²) >= 11 is 0. The molecule has 29 heteroatoms. The van der Waals surface area contributed by atoms with Crippen LogP contribution in [0.2, 0.25) is 0 Å². The van der Waals surface area contributed by atoms with Gasteiger partial charge in [-0.3, -0.25) is 22.7 Å². The summed E-state index contributed by atoms with van der Waals surface area (Å²) in [5, 5.41) is 42.2. The average Bonchev–Trinajstić information content (AvgIpc) is 3.64. The first-order valence-electron chi connectivity index (χ1n) is 13.3. The van der Waals surface area contributed by atoms with E-state index in [9.17, 15) is 66.7 Å². The van der Waals surface area contributed by atoms with Crippen LogP contribution in [0.5, 0.6) is 0 Å². The van der Waals surface area contributed by atoms with Crippen LogP contribution in [0.25, 0.3) is 11.2 Å². The molecule has 49 heavy (non-hydrogen) atoms. The molecule has 0 bridgehead atoms. The fourth-order valence-corrected chi connectivity index (χ4v) is 8.70. The van der Waals surface area contributed by atoms with Crippen LogP contribution < -0.4 is 10.3 Å². The first kappa shape index (κ1) is 37.8. The smallest absolute Gasteiger partial charge is 0.387 e. The van der Waals surface area contributed by atoms with E-state index in [1.165, 1.54) is 0 Å². The van der Waals surface area contributed by atoms with E-state index in [-0.39, 0.29) is 17.0 Å². The van der Waals surface area contributed by atoms with Crippen molar-refractivity contribution in [1.29, 1.82) is 0 Å². The standard InChI is InChI=1S/C20H27N6O19P3S/c21-16-10-17(23-6-22-16)26(7-24-10)19-14(44-47(33,34)35)11(27)9(42-19)5-41-48(36,37)45-46(31,32)20(30)15-12(28)13(29)18(43-15)25-3-1-2-8(4-25)49(38,39)40/h1-4,6-7,9,11-15,18-20,27-30H,5H2,(H6-,21,22,23,31,32,33,34,35,36,37,38,39,40)/p+1/t9-,11-,12+,13-,14-,15-,18-,19-,20?/m1/s1. The number of anilines is 1. The maximum atomic E-state index is 12.9. The highest BCUT2D eigenvalue weighted by molar-refractivity contribution is 7.85. The number of nitrogens with zero attached hydrogens (tertiary/aromatic N) is 5. The van der Waals surface area contributed by atoms with Crippen LogP contribution in [0.3, 0.4) is 0 Å². The van der Waals surface area contributed by atoms with Crippen molar-refractivity contribution >= 4 is 50.3 Å². The van der Waals surface area contributed by atoms with E-state index in [2.05, 4.69) is 28.3 Å². The van der Waals surface area contributed by atoms with Crippen LogP contribution in [0, 0.1) is 0 Å². The van der Waals surface area contributed by atoms with E-state index >= 15 is 0 Å². The van der Waals surface area contributed by atoms with Crippen molar-refractivity contribution in [3.05, 3.63) is 37.2 Å². The number of nitrogen functional groups attached to an aromatic ring is 1. The molecule has 0 radical (unpaired) electrons. The third-order valence-corrected chi connectivity index (χ3v) is 11.7. The minimum absolute atomic E-state index is 0.0288. The predicted molar refractivity (Wildman–Crippen MR) is 152 cm³/mol. The Bertz CT molecular complexity index is 1960. The Morgan fingerprint density at radius 3 is 2.39 bits per heavy atom. The Balaban J connectivity index is 1.28. The van der Waals surface area contributed by atoms with Crippen molar-refractivity contribution in [2.24, 2.45) is 0 Å². The van der Waals surface area contributed by atoms with Gasteiger partial charge >= 0.3 is 23.2 Å². The third kappa shape index (κ3) is 8.07. The molecule has 0 spiro atoms. The normalized spacial score (nSPS) is 31.0. The number of rotatable bonds is 12. The fourth-order valence-electron chi connectivity index (χ4n) is 4.94. The van der Waals surface area contributed by atoms with Gasteiger partial charge < -0.3 is 55.2 Å². The van der Waals surface area contributed by atoms with E-state index in [4.69, 9.17) is 15.2 Å². The largest absolute Gasteiger partial charge is 0.479 e. The SMILES string of the molecule is Nc1ncnc2c1ncn2[C@@H]1O[C@H](COP(=O)(O)OP(=O)(O)C(O)[C@@H]2O[C@@H]([n+]3cccc(S(=O)(=O)O)c3)[C@H](O)[C@@H]2O)[C@@H](O)[C@H]1OP(=O)(O)O. The Hall–Kier alpha value is -2.42. The van der Waals surface area contributed by atoms with Crippen LogP contribution >= 0.6 is 23.2 Å². The number of aromatic nitrogens is 5. The first-order valence-corrected chi connectivity index (χ1v) is 19.4. The minimum atomic E-state index is -5.77.